The summed E-state index contributed by atoms with van der Waals surface area (Å²) >= 11 is 0. The van der Waals surface area contributed by atoms with E-state index in [0.717, 1.165) is 0 Å². The first-order valence-corrected chi connectivity index (χ1v) is 3.24. The molecule has 0 saturated heterocycles. The molecule has 0 spiro atoms. The first-order valence-electron chi connectivity index (χ1n) is 3.24. The lowest BCUT2D eigenvalue weighted by Gasteiger charge is -2.33. The topological polar surface area (TPSA) is 46.5 Å². The van der Waals surface area contributed by atoms with Crippen LogP contribution in [0.1, 0.15) is 6.42 Å². The highest BCUT2D eigenvalue weighted by atomic mass is 16.8. The summed E-state index contributed by atoms with van der Waals surface area (Å²) in [7, 11) is 3.50. The fraction of sp³-hybridized carbons (Fsp3) is 0.667. The third-order valence-corrected chi connectivity index (χ3v) is 1.58. The van der Waals surface area contributed by atoms with Gasteiger partial charge in [-0.2, -0.15) is 4.81 Å². The van der Waals surface area contributed by atoms with Crippen molar-refractivity contribution < 1.29 is 10.0 Å². The Balaban J connectivity index is 2.75. The average molecular weight is 144 g/mol. The fourth-order valence-corrected chi connectivity index (χ4v) is 1.12. The lowest BCUT2D eigenvalue weighted by molar-refractivity contribution is -1.03. The third-order valence-electron chi connectivity index (χ3n) is 1.58. The molecule has 0 fully saturated rings. The second kappa shape index (κ2) is 2.23. The quantitative estimate of drug-likeness (QED) is 0.430. The lowest BCUT2D eigenvalue weighted by atomic mass is 10.5. The molecule has 0 aromatic heterocycles. The van der Waals surface area contributed by atoms with E-state index >= 15 is 0 Å². The molecule has 0 amide bonds. The summed E-state index contributed by atoms with van der Waals surface area (Å²) in [4.78, 5) is 0.424. The van der Waals surface area contributed by atoms with Crippen molar-refractivity contribution in [3.63, 3.8) is 0 Å². The van der Waals surface area contributed by atoms with E-state index in [1.54, 1.807) is 25.1 Å². The van der Waals surface area contributed by atoms with Gasteiger partial charge in [0, 0.05) is 26.6 Å². The largest absolute Gasteiger partial charge is 0.592 e. The summed E-state index contributed by atoms with van der Waals surface area (Å²) in [5.41, 5.74) is 0. The highest BCUT2D eigenvalue weighted by molar-refractivity contribution is 4.95. The van der Waals surface area contributed by atoms with Crippen LogP contribution in [-0.4, -0.2) is 35.6 Å². The fourth-order valence-electron chi connectivity index (χ4n) is 1.12. The van der Waals surface area contributed by atoms with E-state index < -0.39 is 4.81 Å². The molecule has 0 radical (unpaired) electrons. The number of hydrogen-bond donors (Lipinski definition) is 1. The number of hydrogen-bond acceptors (Lipinski definition) is 3. The first kappa shape index (κ1) is 7.53. The lowest BCUT2D eigenvalue weighted by Crippen LogP contribution is -2.39. The van der Waals surface area contributed by atoms with E-state index in [0.29, 0.717) is 12.2 Å². The molecular weight excluding hydrogens is 132 g/mol. The minimum absolute atomic E-state index is 0.244. The van der Waals surface area contributed by atoms with Crippen molar-refractivity contribution in [2.24, 2.45) is 0 Å². The second-order valence-corrected chi connectivity index (χ2v) is 2.67. The Kier molecular flexibility index (Phi) is 1.68. The zero-order valence-corrected chi connectivity index (χ0v) is 6.24. The van der Waals surface area contributed by atoms with Crippen molar-refractivity contribution in [3.8, 4) is 0 Å². The van der Waals surface area contributed by atoms with Crippen LogP contribution in [0.5, 0.6) is 0 Å². The van der Waals surface area contributed by atoms with Gasteiger partial charge >= 0.3 is 0 Å². The van der Waals surface area contributed by atoms with Gasteiger partial charge < -0.3 is 10.1 Å². The van der Waals surface area contributed by atoms with Crippen LogP contribution in [0, 0.1) is 5.21 Å². The SMILES string of the molecule is CN(C)C1=CCC[N+]1([O-])O. The Labute approximate surface area is 60.1 Å². The van der Waals surface area contributed by atoms with Crippen LogP contribution >= 0.6 is 0 Å². The molecule has 58 valence electrons. The van der Waals surface area contributed by atoms with Gasteiger partial charge in [0.05, 0.1) is 0 Å². The molecule has 4 heteroatoms. The van der Waals surface area contributed by atoms with Gasteiger partial charge in [-0.1, -0.05) is 0 Å². The predicted molar refractivity (Wildman–Crippen MR) is 36.7 cm³/mol. The van der Waals surface area contributed by atoms with Gasteiger partial charge in [-0.15, -0.1) is 0 Å². The van der Waals surface area contributed by atoms with Gasteiger partial charge in [0.15, 0.2) is 0 Å². The molecule has 1 N–H and O–H groups in total. The van der Waals surface area contributed by atoms with E-state index in [1.807, 2.05) is 0 Å². The van der Waals surface area contributed by atoms with Crippen LogP contribution in [0.2, 0.25) is 0 Å². The number of hydroxylamine groups is 4. The summed E-state index contributed by atoms with van der Waals surface area (Å²) < 4.78 is 0. The van der Waals surface area contributed by atoms with Crippen molar-refractivity contribution in [1.29, 1.82) is 0 Å². The van der Waals surface area contributed by atoms with Gasteiger partial charge in [-0.3, -0.25) is 0 Å². The zero-order chi connectivity index (χ0) is 7.78. The van der Waals surface area contributed by atoms with E-state index in [2.05, 4.69) is 0 Å². The molecule has 1 heterocycles. The molecule has 1 unspecified atom stereocenters. The van der Waals surface area contributed by atoms with Crippen LogP contribution < -0.4 is 0 Å². The summed E-state index contributed by atoms with van der Waals surface area (Å²) in [6.45, 7) is 0.244. The van der Waals surface area contributed by atoms with E-state index in [-0.39, 0.29) is 6.54 Å². The molecule has 10 heavy (non-hydrogen) atoms. The van der Waals surface area contributed by atoms with Crippen LogP contribution in [0.15, 0.2) is 11.9 Å². The van der Waals surface area contributed by atoms with Gasteiger partial charge in [0.2, 0.25) is 5.82 Å². The molecule has 0 saturated carbocycles. The summed E-state index contributed by atoms with van der Waals surface area (Å²) in [5.74, 6) is 0.431. The third kappa shape index (κ3) is 1.13. The van der Waals surface area contributed by atoms with E-state index in [1.165, 1.54) is 0 Å². The predicted octanol–water partition coefficient (Wildman–Crippen LogP) is 0.497. The van der Waals surface area contributed by atoms with Crippen molar-refractivity contribution in [2.75, 3.05) is 20.6 Å². The monoisotopic (exact) mass is 144 g/mol. The molecule has 1 rings (SSSR count). The maximum atomic E-state index is 11.1. The smallest absolute Gasteiger partial charge is 0.232 e. The highest BCUT2D eigenvalue weighted by Gasteiger charge is 2.27. The molecule has 1 aliphatic rings. The van der Waals surface area contributed by atoms with Crippen molar-refractivity contribution >= 4 is 0 Å². The Morgan fingerprint density at radius 2 is 2.30 bits per heavy atom. The Morgan fingerprint density at radius 3 is 2.50 bits per heavy atom. The zero-order valence-electron chi connectivity index (χ0n) is 6.24. The minimum Gasteiger partial charge on any atom is -0.592 e. The molecular formula is C6H12N2O2. The van der Waals surface area contributed by atoms with Gasteiger partial charge in [0.25, 0.3) is 0 Å². The maximum Gasteiger partial charge on any atom is 0.232 e. The molecule has 0 aromatic carbocycles. The average Bonchev–Trinajstić information content (AvgIpc) is 2.08. The number of rotatable bonds is 1. The standard InChI is InChI=1S/C6H12N2O2/c1-7(2)6-4-3-5-8(6,9)10/h4,9H,3,5H2,1-2H3. The Hall–Kier alpha value is -0.580. The van der Waals surface area contributed by atoms with Gasteiger partial charge in [0.1, 0.15) is 6.54 Å². The van der Waals surface area contributed by atoms with Gasteiger partial charge in [-0.05, 0) is 0 Å². The number of nitrogens with zero attached hydrogens (tertiary/aromatic N) is 2. The van der Waals surface area contributed by atoms with E-state index in [4.69, 9.17) is 5.21 Å². The van der Waals surface area contributed by atoms with E-state index in [9.17, 15) is 5.21 Å². The van der Waals surface area contributed by atoms with Crippen LogP contribution in [0.4, 0.5) is 0 Å². The normalized spacial score (nSPS) is 32.2. The van der Waals surface area contributed by atoms with Crippen LogP contribution in [0.3, 0.4) is 0 Å². The molecule has 0 bridgehead atoms. The molecule has 4 nitrogen and oxygen atoms in total. The van der Waals surface area contributed by atoms with Gasteiger partial charge in [-0.25, -0.2) is 5.21 Å². The summed E-state index contributed by atoms with van der Waals surface area (Å²) in [6.07, 6.45) is 2.42. The molecule has 0 aromatic rings. The van der Waals surface area contributed by atoms with Crippen molar-refractivity contribution in [3.05, 3.63) is 17.1 Å². The maximum absolute atomic E-state index is 11.1. The van der Waals surface area contributed by atoms with Crippen LogP contribution in [-0.2, 0) is 0 Å². The molecule has 1 aliphatic heterocycles. The van der Waals surface area contributed by atoms with Crippen molar-refractivity contribution in [2.45, 2.75) is 6.42 Å². The Morgan fingerprint density at radius 1 is 1.70 bits per heavy atom. The summed E-state index contributed by atoms with van der Waals surface area (Å²) in [5, 5.41) is 20.2. The minimum atomic E-state index is -1.22. The van der Waals surface area contributed by atoms with Crippen LogP contribution in [0.25, 0.3) is 0 Å². The molecule has 1 atom stereocenters. The van der Waals surface area contributed by atoms with Crippen molar-refractivity contribution in [1.82, 2.24) is 4.90 Å². The number of quaternary nitrogens is 1. The second-order valence-electron chi connectivity index (χ2n) is 2.67. The highest BCUT2D eigenvalue weighted by Crippen LogP contribution is 2.21. The summed E-state index contributed by atoms with van der Waals surface area (Å²) in [6, 6.07) is 0. The first-order chi connectivity index (χ1) is 4.54. The molecule has 0 aliphatic carbocycles. The Bertz CT molecular complexity index is 163.